The van der Waals surface area contributed by atoms with Crippen molar-refractivity contribution >= 4 is 11.9 Å². The predicted molar refractivity (Wildman–Crippen MR) is 65.3 cm³/mol. The van der Waals surface area contributed by atoms with Crippen LogP contribution in [0.1, 0.15) is 33.6 Å². The molecule has 1 saturated carbocycles. The average molecular weight is 252 g/mol. The molecule has 5 heteroatoms. The van der Waals surface area contributed by atoms with Crippen molar-refractivity contribution in [1.82, 2.24) is 4.90 Å². The lowest BCUT2D eigenvalue weighted by Crippen LogP contribution is -2.42. The van der Waals surface area contributed by atoms with Crippen molar-refractivity contribution in [1.29, 1.82) is 5.26 Å². The Kier molecular flexibility index (Phi) is 5.14. The molecule has 0 aromatic rings. The van der Waals surface area contributed by atoms with Crippen molar-refractivity contribution < 1.29 is 14.3 Å². The summed E-state index contributed by atoms with van der Waals surface area (Å²) >= 11 is 0. The third-order valence-electron chi connectivity index (χ3n) is 2.95. The lowest BCUT2D eigenvalue weighted by Gasteiger charge is -2.25. The minimum atomic E-state index is -0.681. The van der Waals surface area contributed by atoms with Crippen LogP contribution in [0, 0.1) is 23.2 Å². The molecule has 5 nitrogen and oxygen atoms in total. The molecule has 1 unspecified atom stereocenters. The number of nitriles is 1. The quantitative estimate of drug-likeness (QED) is 0.669. The second kappa shape index (κ2) is 6.39. The summed E-state index contributed by atoms with van der Waals surface area (Å²) in [6, 6.07) is 2.13. The normalized spacial score (nSPS) is 15.9. The first-order valence-electron chi connectivity index (χ1n) is 6.37. The van der Waals surface area contributed by atoms with Crippen LogP contribution >= 0.6 is 0 Å². The van der Waals surface area contributed by atoms with E-state index < -0.39 is 11.9 Å². The van der Waals surface area contributed by atoms with Gasteiger partial charge in [0.1, 0.15) is 12.5 Å². The maximum atomic E-state index is 12.2. The minimum Gasteiger partial charge on any atom is -0.465 e. The number of carbonyl (C=O) groups excluding carboxylic acids is 2. The molecule has 0 aromatic carbocycles. The topological polar surface area (TPSA) is 70.4 Å². The van der Waals surface area contributed by atoms with Gasteiger partial charge in [-0.25, -0.2) is 0 Å². The number of esters is 1. The first-order valence-corrected chi connectivity index (χ1v) is 6.37. The summed E-state index contributed by atoms with van der Waals surface area (Å²) in [6.45, 7) is 5.66. The molecule has 1 aliphatic carbocycles. The van der Waals surface area contributed by atoms with Crippen LogP contribution in [0.3, 0.4) is 0 Å². The SMILES string of the molecule is CCOC(=O)CN(C(=O)C(C#N)C(C)C)C1CC1. The second-order valence-corrected chi connectivity index (χ2v) is 4.85. The molecule has 1 fully saturated rings. The fourth-order valence-corrected chi connectivity index (χ4v) is 1.79. The van der Waals surface area contributed by atoms with Gasteiger partial charge in [0.05, 0.1) is 12.7 Å². The molecule has 1 aliphatic rings. The first kappa shape index (κ1) is 14.5. The van der Waals surface area contributed by atoms with Gasteiger partial charge in [0.15, 0.2) is 0 Å². The van der Waals surface area contributed by atoms with Gasteiger partial charge in [0.25, 0.3) is 0 Å². The van der Waals surface area contributed by atoms with Crippen LogP contribution in [0.5, 0.6) is 0 Å². The summed E-state index contributed by atoms with van der Waals surface area (Å²) in [5.74, 6) is -1.38. The Hall–Kier alpha value is -1.57. The molecule has 1 atom stereocenters. The highest BCUT2D eigenvalue weighted by molar-refractivity contribution is 5.86. The summed E-state index contributed by atoms with van der Waals surface area (Å²) in [4.78, 5) is 25.2. The Morgan fingerprint density at radius 2 is 2.06 bits per heavy atom. The van der Waals surface area contributed by atoms with E-state index in [-0.39, 0.29) is 24.4 Å². The molecule has 1 rings (SSSR count). The van der Waals surface area contributed by atoms with E-state index in [9.17, 15) is 9.59 Å². The van der Waals surface area contributed by atoms with E-state index in [1.165, 1.54) is 4.90 Å². The van der Waals surface area contributed by atoms with E-state index in [0.29, 0.717) is 6.61 Å². The molecule has 0 aliphatic heterocycles. The molecule has 1 amide bonds. The number of rotatable bonds is 6. The van der Waals surface area contributed by atoms with Crippen LogP contribution in [0.4, 0.5) is 0 Å². The largest absolute Gasteiger partial charge is 0.465 e. The van der Waals surface area contributed by atoms with Gasteiger partial charge in [0.2, 0.25) is 5.91 Å². The minimum absolute atomic E-state index is 0.0394. The van der Waals surface area contributed by atoms with Gasteiger partial charge in [-0.15, -0.1) is 0 Å². The van der Waals surface area contributed by atoms with Gasteiger partial charge in [-0.2, -0.15) is 5.26 Å². The van der Waals surface area contributed by atoms with Gasteiger partial charge in [0, 0.05) is 6.04 Å². The molecular weight excluding hydrogens is 232 g/mol. The highest BCUT2D eigenvalue weighted by Gasteiger charge is 2.38. The molecule has 0 bridgehead atoms. The lowest BCUT2D eigenvalue weighted by molar-refractivity contribution is -0.150. The van der Waals surface area contributed by atoms with Crippen LogP contribution in [-0.2, 0) is 14.3 Å². The number of hydrogen-bond acceptors (Lipinski definition) is 4. The van der Waals surface area contributed by atoms with Gasteiger partial charge >= 0.3 is 5.97 Å². The van der Waals surface area contributed by atoms with Crippen molar-refractivity contribution in [2.24, 2.45) is 11.8 Å². The van der Waals surface area contributed by atoms with Gasteiger partial charge in [-0.1, -0.05) is 13.8 Å². The molecule has 0 saturated heterocycles. The van der Waals surface area contributed by atoms with E-state index >= 15 is 0 Å². The number of amides is 1. The zero-order chi connectivity index (χ0) is 13.7. The molecule has 18 heavy (non-hydrogen) atoms. The third-order valence-corrected chi connectivity index (χ3v) is 2.95. The maximum absolute atomic E-state index is 12.2. The average Bonchev–Trinajstić information content (AvgIpc) is 3.10. The fourth-order valence-electron chi connectivity index (χ4n) is 1.79. The zero-order valence-corrected chi connectivity index (χ0v) is 11.2. The Labute approximate surface area is 108 Å². The van der Waals surface area contributed by atoms with Gasteiger partial charge in [-0.05, 0) is 25.7 Å². The number of hydrogen-bond donors (Lipinski definition) is 0. The summed E-state index contributed by atoms with van der Waals surface area (Å²) in [7, 11) is 0. The summed E-state index contributed by atoms with van der Waals surface area (Å²) < 4.78 is 4.86. The Morgan fingerprint density at radius 1 is 1.44 bits per heavy atom. The number of ether oxygens (including phenoxy) is 1. The summed E-state index contributed by atoms with van der Waals surface area (Å²) in [5, 5.41) is 9.04. The number of nitrogens with zero attached hydrogens (tertiary/aromatic N) is 2. The van der Waals surface area contributed by atoms with Crippen molar-refractivity contribution in [2.75, 3.05) is 13.2 Å². The van der Waals surface area contributed by atoms with E-state index in [1.807, 2.05) is 19.9 Å². The van der Waals surface area contributed by atoms with Crippen molar-refractivity contribution in [3.63, 3.8) is 0 Å². The van der Waals surface area contributed by atoms with E-state index in [0.717, 1.165) is 12.8 Å². The van der Waals surface area contributed by atoms with Crippen LogP contribution in [0.15, 0.2) is 0 Å². The van der Waals surface area contributed by atoms with Crippen LogP contribution in [-0.4, -0.2) is 36.0 Å². The van der Waals surface area contributed by atoms with Crippen molar-refractivity contribution in [2.45, 2.75) is 39.7 Å². The smallest absolute Gasteiger partial charge is 0.325 e. The predicted octanol–water partition coefficient (Wildman–Crippen LogP) is 1.34. The molecule has 0 N–H and O–H groups in total. The standard InChI is InChI=1S/C13H20N2O3/c1-4-18-12(16)8-15(10-5-6-10)13(17)11(7-14)9(2)3/h9-11H,4-6,8H2,1-3H3. The Bertz CT molecular complexity index is 356. The fraction of sp³-hybridized carbons (Fsp3) is 0.769. The second-order valence-electron chi connectivity index (χ2n) is 4.85. The van der Waals surface area contributed by atoms with Crippen LogP contribution in [0.25, 0.3) is 0 Å². The van der Waals surface area contributed by atoms with Crippen molar-refractivity contribution in [3.05, 3.63) is 0 Å². The zero-order valence-electron chi connectivity index (χ0n) is 11.2. The van der Waals surface area contributed by atoms with Crippen LogP contribution < -0.4 is 0 Å². The van der Waals surface area contributed by atoms with E-state index in [1.54, 1.807) is 6.92 Å². The Morgan fingerprint density at radius 3 is 2.44 bits per heavy atom. The van der Waals surface area contributed by atoms with Gasteiger partial charge < -0.3 is 9.64 Å². The third kappa shape index (κ3) is 3.73. The van der Waals surface area contributed by atoms with Crippen LogP contribution in [0.2, 0.25) is 0 Å². The lowest BCUT2D eigenvalue weighted by atomic mass is 9.96. The molecule has 0 spiro atoms. The molecule has 0 heterocycles. The molecular formula is C13H20N2O3. The highest BCUT2D eigenvalue weighted by Crippen LogP contribution is 2.29. The van der Waals surface area contributed by atoms with E-state index in [4.69, 9.17) is 10.00 Å². The highest BCUT2D eigenvalue weighted by atomic mass is 16.5. The summed E-state index contributed by atoms with van der Waals surface area (Å²) in [6.07, 6.45) is 1.81. The summed E-state index contributed by atoms with van der Waals surface area (Å²) in [5.41, 5.74) is 0. The maximum Gasteiger partial charge on any atom is 0.325 e. The number of carbonyl (C=O) groups is 2. The first-order chi connectivity index (χ1) is 8.51. The monoisotopic (exact) mass is 252 g/mol. The molecule has 0 radical (unpaired) electrons. The van der Waals surface area contributed by atoms with Gasteiger partial charge in [-0.3, -0.25) is 9.59 Å². The molecule has 0 aromatic heterocycles. The van der Waals surface area contributed by atoms with Crippen molar-refractivity contribution in [3.8, 4) is 6.07 Å². The molecule has 100 valence electrons. The Balaban J connectivity index is 2.70. The van der Waals surface area contributed by atoms with E-state index in [2.05, 4.69) is 0 Å².